The second-order valence-corrected chi connectivity index (χ2v) is 14.0. The summed E-state index contributed by atoms with van der Waals surface area (Å²) >= 11 is 4.47. The Morgan fingerprint density at radius 3 is 1.40 bits per heavy atom. The first kappa shape index (κ1) is 33.6. The smallest absolute Gasteiger partial charge is 0.0215 e. The number of benzene rings is 4. The largest absolute Gasteiger partial charge is 0.179 e. The molecular formula is C44H56S. The molecule has 0 heterocycles. The van der Waals surface area contributed by atoms with Gasteiger partial charge in [-0.1, -0.05) is 151 Å². The first-order valence-corrected chi connectivity index (χ1v) is 18.9. The molecule has 0 amide bonds. The molecule has 0 fully saturated rings. The molecule has 0 N–H and O–H groups in total. The fourth-order valence-electron chi connectivity index (χ4n) is 7.70. The molecule has 238 valence electrons. The van der Waals surface area contributed by atoms with Crippen molar-refractivity contribution in [3.8, 4) is 33.4 Å². The molecular weight excluding hydrogens is 561 g/mol. The summed E-state index contributed by atoms with van der Waals surface area (Å²) in [5.74, 6) is 0.935. The van der Waals surface area contributed by atoms with Crippen LogP contribution in [0, 0.1) is 0 Å². The van der Waals surface area contributed by atoms with Gasteiger partial charge in [0.15, 0.2) is 0 Å². The summed E-state index contributed by atoms with van der Waals surface area (Å²) < 4.78 is 0. The zero-order valence-electron chi connectivity index (χ0n) is 28.3. The van der Waals surface area contributed by atoms with Crippen LogP contribution in [0.3, 0.4) is 0 Å². The van der Waals surface area contributed by atoms with Crippen molar-refractivity contribution in [2.75, 3.05) is 5.75 Å². The molecule has 0 atom stereocenters. The Balaban J connectivity index is 1.61. The molecule has 0 saturated heterocycles. The van der Waals surface area contributed by atoms with Gasteiger partial charge in [-0.2, -0.15) is 12.6 Å². The Morgan fingerprint density at radius 1 is 0.467 bits per heavy atom. The van der Waals surface area contributed by atoms with Crippen LogP contribution in [-0.2, 0) is 18.3 Å². The highest BCUT2D eigenvalue weighted by molar-refractivity contribution is 7.80. The lowest BCUT2D eigenvalue weighted by molar-refractivity contribution is 0.401. The van der Waals surface area contributed by atoms with Gasteiger partial charge in [0.05, 0.1) is 0 Å². The molecule has 1 aliphatic rings. The number of fused-ring (bicyclic) bond motifs is 3. The maximum atomic E-state index is 4.47. The highest BCUT2D eigenvalue weighted by atomic mass is 32.1. The number of thiol groups is 1. The molecule has 0 aliphatic heterocycles. The van der Waals surface area contributed by atoms with Crippen LogP contribution < -0.4 is 0 Å². The minimum Gasteiger partial charge on any atom is -0.179 e. The maximum Gasteiger partial charge on any atom is 0.0215 e. The zero-order chi connectivity index (χ0) is 31.5. The third-order valence-corrected chi connectivity index (χ3v) is 10.6. The predicted octanol–water partition coefficient (Wildman–Crippen LogP) is 13.4. The number of rotatable bonds is 18. The average Bonchev–Trinajstić information content (AvgIpc) is 3.35. The number of hydrogen-bond acceptors (Lipinski definition) is 1. The van der Waals surface area contributed by atoms with Crippen molar-refractivity contribution in [1.82, 2.24) is 0 Å². The Labute approximate surface area is 280 Å². The van der Waals surface area contributed by atoms with Gasteiger partial charge in [0.25, 0.3) is 0 Å². The van der Waals surface area contributed by atoms with E-state index in [0.29, 0.717) is 0 Å². The van der Waals surface area contributed by atoms with Gasteiger partial charge in [0, 0.05) is 5.41 Å². The van der Waals surface area contributed by atoms with Crippen LogP contribution in [0.2, 0.25) is 0 Å². The molecule has 0 aromatic heterocycles. The maximum absolute atomic E-state index is 4.47. The van der Waals surface area contributed by atoms with Gasteiger partial charge in [-0.3, -0.25) is 0 Å². The van der Waals surface area contributed by atoms with Crippen molar-refractivity contribution >= 4 is 12.6 Å². The second kappa shape index (κ2) is 16.7. The summed E-state index contributed by atoms with van der Waals surface area (Å²) in [5.41, 5.74) is 14.5. The molecule has 0 bridgehead atoms. The molecule has 0 unspecified atom stereocenters. The highest BCUT2D eigenvalue weighted by Gasteiger charge is 2.42. The zero-order valence-corrected chi connectivity index (χ0v) is 29.2. The summed E-state index contributed by atoms with van der Waals surface area (Å²) in [6, 6.07) is 33.5. The van der Waals surface area contributed by atoms with Crippen molar-refractivity contribution < 1.29 is 0 Å². The van der Waals surface area contributed by atoms with E-state index >= 15 is 0 Å². The van der Waals surface area contributed by atoms with Crippen molar-refractivity contribution in [1.29, 1.82) is 0 Å². The van der Waals surface area contributed by atoms with Crippen LogP contribution in [0.5, 0.6) is 0 Å². The van der Waals surface area contributed by atoms with Crippen molar-refractivity contribution in [2.45, 2.75) is 122 Å². The molecule has 1 heteroatoms. The molecule has 0 spiro atoms. The van der Waals surface area contributed by atoms with Crippen LogP contribution >= 0.6 is 12.6 Å². The molecule has 45 heavy (non-hydrogen) atoms. The van der Waals surface area contributed by atoms with Crippen LogP contribution in [0.1, 0.15) is 126 Å². The van der Waals surface area contributed by atoms with Crippen LogP contribution in [-0.4, -0.2) is 5.75 Å². The van der Waals surface area contributed by atoms with E-state index in [2.05, 4.69) is 118 Å². The van der Waals surface area contributed by atoms with E-state index in [9.17, 15) is 0 Å². The summed E-state index contributed by atoms with van der Waals surface area (Å²) in [6.45, 7) is 6.95. The quantitative estimate of drug-likeness (QED) is 0.0834. The SMILES string of the molecule is CCCCCCC1(CCCCCC)c2cc(-c3cccc(CCCC)c3)ccc2-c2ccc(-c3cccc(CCCS)c3)cc21. The number of aryl methyl sites for hydroxylation is 2. The van der Waals surface area contributed by atoms with Gasteiger partial charge in [0.1, 0.15) is 0 Å². The van der Waals surface area contributed by atoms with E-state index in [4.69, 9.17) is 0 Å². The van der Waals surface area contributed by atoms with Gasteiger partial charge >= 0.3 is 0 Å². The molecule has 0 radical (unpaired) electrons. The highest BCUT2D eigenvalue weighted by Crippen LogP contribution is 2.55. The second-order valence-electron chi connectivity index (χ2n) is 13.6. The monoisotopic (exact) mass is 616 g/mol. The lowest BCUT2D eigenvalue weighted by Crippen LogP contribution is -2.25. The topological polar surface area (TPSA) is 0 Å². The summed E-state index contributed by atoms with van der Waals surface area (Å²) in [4.78, 5) is 0. The van der Waals surface area contributed by atoms with Crippen molar-refractivity contribution in [3.05, 3.63) is 107 Å². The minimum atomic E-state index is 0.0711. The molecule has 0 saturated carbocycles. The number of hydrogen-bond donors (Lipinski definition) is 1. The third kappa shape index (κ3) is 7.97. The Hall–Kier alpha value is -2.77. The van der Waals surface area contributed by atoms with Crippen molar-refractivity contribution in [3.63, 3.8) is 0 Å². The standard InChI is InChI=1S/C44H56S/c1-4-7-10-12-27-44(28-13-11-8-5-2)42-32-38(36-21-14-18-34(30-36)17-9-6-3)23-25-40(42)41-26-24-39(33-43(41)44)37-22-15-19-35(31-37)20-16-29-45/h14-15,18-19,21-26,30-33,45H,4-13,16-17,20,27-29H2,1-3H3. The molecule has 4 aromatic rings. The van der Waals surface area contributed by atoms with Gasteiger partial charge in [-0.25, -0.2) is 0 Å². The molecule has 4 aromatic carbocycles. The van der Waals surface area contributed by atoms with E-state index in [1.54, 1.807) is 11.1 Å². The summed E-state index contributed by atoms with van der Waals surface area (Å²) in [6.07, 6.45) is 18.8. The first-order valence-electron chi connectivity index (χ1n) is 18.2. The van der Waals surface area contributed by atoms with Gasteiger partial charge in [-0.15, -0.1) is 0 Å². The fourth-order valence-corrected chi connectivity index (χ4v) is 7.86. The normalized spacial score (nSPS) is 13.2. The van der Waals surface area contributed by atoms with E-state index < -0.39 is 0 Å². The lowest BCUT2D eigenvalue weighted by atomic mass is 9.70. The summed E-state index contributed by atoms with van der Waals surface area (Å²) in [7, 11) is 0. The van der Waals surface area contributed by atoms with Gasteiger partial charge in [-0.05, 0) is 112 Å². The first-order chi connectivity index (χ1) is 22.1. The fraction of sp³-hybridized carbons (Fsp3) is 0.455. The lowest BCUT2D eigenvalue weighted by Gasteiger charge is -2.33. The van der Waals surface area contributed by atoms with Gasteiger partial charge < -0.3 is 0 Å². The van der Waals surface area contributed by atoms with Crippen molar-refractivity contribution in [2.24, 2.45) is 0 Å². The van der Waals surface area contributed by atoms with E-state index in [1.807, 2.05) is 0 Å². The van der Waals surface area contributed by atoms with E-state index in [-0.39, 0.29) is 5.41 Å². The number of unbranched alkanes of at least 4 members (excludes halogenated alkanes) is 7. The third-order valence-electron chi connectivity index (χ3n) is 10.2. The van der Waals surface area contributed by atoms with Crippen LogP contribution in [0.15, 0.2) is 84.9 Å². The average molecular weight is 617 g/mol. The van der Waals surface area contributed by atoms with E-state index in [1.165, 1.54) is 122 Å². The predicted molar refractivity (Wildman–Crippen MR) is 202 cm³/mol. The van der Waals surface area contributed by atoms with Crippen LogP contribution in [0.4, 0.5) is 0 Å². The molecule has 1 aliphatic carbocycles. The Bertz CT molecular complexity index is 1400. The van der Waals surface area contributed by atoms with E-state index in [0.717, 1.165) is 25.0 Å². The Morgan fingerprint density at radius 2 is 0.933 bits per heavy atom. The molecule has 0 nitrogen and oxygen atoms in total. The molecule has 5 rings (SSSR count). The minimum absolute atomic E-state index is 0.0711. The van der Waals surface area contributed by atoms with Gasteiger partial charge in [0.2, 0.25) is 0 Å². The Kier molecular flexibility index (Phi) is 12.5. The van der Waals surface area contributed by atoms with Crippen LogP contribution in [0.25, 0.3) is 33.4 Å². The summed E-state index contributed by atoms with van der Waals surface area (Å²) in [5, 5.41) is 0.